The third kappa shape index (κ3) is 5.27. The summed E-state index contributed by atoms with van der Waals surface area (Å²) in [6.07, 6.45) is 4.34. The van der Waals surface area contributed by atoms with E-state index in [4.69, 9.17) is 0 Å². The van der Waals surface area contributed by atoms with Gasteiger partial charge in [-0.2, -0.15) is 0 Å². The Bertz CT molecular complexity index is 134. The second kappa shape index (κ2) is 4.97. The van der Waals surface area contributed by atoms with Gasteiger partial charge < -0.3 is 10.6 Å². The topological polar surface area (TPSA) is 24.1 Å². The molecule has 2 nitrogen and oxygen atoms in total. The molecule has 0 unspecified atom stereocenters. The quantitative estimate of drug-likeness (QED) is 0.636. The van der Waals surface area contributed by atoms with Crippen LogP contribution in [-0.4, -0.2) is 25.2 Å². The SMILES string of the molecule is CC(C)(C)NCCNCC1CCC1. The van der Waals surface area contributed by atoms with E-state index in [0.29, 0.717) is 0 Å². The van der Waals surface area contributed by atoms with Crippen LogP contribution >= 0.6 is 0 Å². The van der Waals surface area contributed by atoms with Gasteiger partial charge in [-0.1, -0.05) is 6.42 Å². The van der Waals surface area contributed by atoms with Gasteiger partial charge in [-0.05, 0) is 46.1 Å². The lowest BCUT2D eigenvalue weighted by atomic mass is 9.85. The summed E-state index contributed by atoms with van der Waals surface area (Å²) >= 11 is 0. The molecule has 78 valence electrons. The Kier molecular flexibility index (Phi) is 4.20. The lowest BCUT2D eigenvalue weighted by molar-refractivity contribution is 0.299. The maximum atomic E-state index is 3.50. The number of hydrogen-bond acceptors (Lipinski definition) is 2. The van der Waals surface area contributed by atoms with Gasteiger partial charge >= 0.3 is 0 Å². The summed E-state index contributed by atoms with van der Waals surface area (Å²) in [6, 6.07) is 0. The van der Waals surface area contributed by atoms with Gasteiger partial charge in [-0.15, -0.1) is 0 Å². The molecule has 0 spiro atoms. The fraction of sp³-hybridized carbons (Fsp3) is 1.00. The maximum absolute atomic E-state index is 3.50. The van der Waals surface area contributed by atoms with E-state index in [1.807, 2.05) is 0 Å². The Morgan fingerprint density at radius 1 is 1.15 bits per heavy atom. The number of hydrogen-bond donors (Lipinski definition) is 2. The zero-order chi connectivity index (χ0) is 9.73. The molecule has 0 aromatic carbocycles. The van der Waals surface area contributed by atoms with Crippen LogP contribution in [0.2, 0.25) is 0 Å². The monoisotopic (exact) mass is 184 g/mol. The molecule has 0 amide bonds. The fourth-order valence-electron chi connectivity index (χ4n) is 1.53. The summed E-state index contributed by atoms with van der Waals surface area (Å²) < 4.78 is 0. The summed E-state index contributed by atoms with van der Waals surface area (Å²) in [5.74, 6) is 0.981. The van der Waals surface area contributed by atoms with Gasteiger partial charge in [0.25, 0.3) is 0 Å². The van der Waals surface area contributed by atoms with Crippen molar-refractivity contribution < 1.29 is 0 Å². The first-order valence-corrected chi connectivity index (χ1v) is 5.54. The highest BCUT2D eigenvalue weighted by Crippen LogP contribution is 2.24. The van der Waals surface area contributed by atoms with E-state index in [9.17, 15) is 0 Å². The molecule has 0 bridgehead atoms. The van der Waals surface area contributed by atoms with Gasteiger partial charge in [0.2, 0.25) is 0 Å². The maximum Gasteiger partial charge on any atom is 0.00970 e. The van der Waals surface area contributed by atoms with E-state index in [1.54, 1.807) is 0 Å². The molecule has 13 heavy (non-hydrogen) atoms. The minimum atomic E-state index is 0.262. The normalized spacial score (nSPS) is 18.7. The molecule has 2 N–H and O–H groups in total. The summed E-state index contributed by atoms with van der Waals surface area (Å²) in [5.41, 5.74) is 0.262. The van der Waals surface area contributed by atoms with Crippen LogP contribution in [0.15, 0.2) is 0 Å². The van der Waals surface area contributed by atoms with Gasteiger partial charge in [0.15, 0.2) is 0 Å². The van der Waals surface area contributed by atoms with E-state index >= 15 is 0 Å². The van der Waals surface area contributed by atoms with Crippen LogP contribution in [0, 0.1) is 5.92 Å². The van der Waals surface area contributed by atoms with Gasteiger partial charge in [0.05, 0.1) is 0 Å². The highest BCUT2D eigenvalue weighted by Gasteiger charge is 2.16. The van der Waals surface area contributed by atoms with Crippen LogP contribution in [-0.2, 0) is 0 Å². The standard InChI is InChI=1S/C11H24N2/c1-11(2,3)13-8-7-12-9-10-5-4-6-10/h10,12-13H,4-9H2,1-3H3. The van der Waals surface area contributed by atoms with Gasteiger partial charge in [0.1, 0.15) is 0 Å². The van der Waals surface area contributed by atoms with Crippen molar-refractivity contribution >= 4 is 0 Å². The molecule has 2 heteroatoms. The first-order valence-electron chi connectivity index (χ1n) is 5.54. The second-order valence-electron chi connectivity index (χ2n) is 5.18. The summed E-state index contributed by atoms with van der Waals surface area (Å²) in [4.78, 5) is 0. The molecule has 0 radical (unpaired) electrons. The number of rotatable bonds is 5. The van der Waals surface area contributed by atoms with Crippen LogP contribution in [0.4, 0.5) is 0 Å². The molecule has 1 rings (SSSR count). The van der Waals surface area contributed by atoms with Crippen molar-refractivity contribution in [3.8, 4) is 0 Å². The van der Waals surface area contributed by atoms with Crippen molar-refractivity contribution in [3.63, 3.8) is 0 Å². The first-order chi connectivity index (χ1) is 6.08. The predicted octanol–water partition coefficient (Wildman–Crippen LogP) is 1.76. The van der Waals surface area contributed by atoms with Crippen molar-refractivity contribution in [2.75, 3.05) is 19.6 Å². The van der Waals surface area contributed by atoms with E-state index < -0.39 is 0 Å². The molecule has 0 atom stereocenters. The molecule has 1 aliphatic carbocycles. The molecular formula is C11H24N2. The van der Waals surface area contributed by atoms with Crippen molar-refractivity contribution in [1.29, 1.82) is 0 Å². The fourth-order valence-corrected chi connectivity index (χ4v) is 1.53. The Morgan fingerprint density at radius 3 is 2.31 bits per heavy atom. The third-order valence-corrected chi connectivity index (χ3v) is 2.61. The zero-order valence-electron chi connectivity index (χ0n) is 9.32. The van der Waals surface area contributed by atoms with Crippen LogP contribution in [0.25, 0.3) is 0 Å². The Balaban J connectivity index is 1.83. The van der Waals surface area contributed by atoms with E-state index in [2.05, 4.69) is 31.4 Å². The Hall–Kier alpha value is -0.0800. The van der Waals surface area contributed by atoms with E-state index in [-0.39, 0.29) is 5.54 Å². The highest BCUT2D eigenvalue weighted by molar-refractivity contribution is 4.73. The Morgan fingerprint density at radius 2 is 1.85 bits per heavy atom. The summed E-state index contributed by atoms with van der Waals surface area (Å²) in [6.45, 7) is 10.0. The molecule has 0 heterocycles. The van der Waals surface area contributed by atoms with E-state index in [1.165, 1.54) is 25.8 Å². The van der Waals surface area contributed by atoms with Crippen molar-refractivity contribution in [3.05, 3.63) is 0 Å². The molecule has 0 aromatic rings. The molecule has 1 saturated carbocycles. The summed E-state index contributed by atoms with van der Waals surface area (Å²) in [7, 11) is 0. The van der Waals surface area contributed by atoms with Crippen molar-refractivity contribution in [2.24, 2.45) is 5.92 Å². The lowest BCUT2D eigenvalue weighted by Gasteiger charge is -2.26. The van der Waals surface area contributed by atoms with Gasteiger partial charge in [-0.3, -0.25) is 0 Å². The molecule has 0 aliphatic heterocycles. The second-order valence-corrected chi connectivity index (χ2v) is 5.18. The molecule has 0 saturated heterocycles. The molecule has 1 fully saturated rings. The smallest absolute Gasteiger partial charge is 0.00970 e. The van der Waals surface area contributed by atoms with Crippen molar-refractivity contribution in [1.82, 2.24) is 10.6 Å². The van der Waals surface area contributed by atoms with Crippen molar-refractivity contribution in [2.45, 2.75) is 45.6 Å². The van der Waals surface area contributed by atoms with Gasteiger partial charge in [-0.25, -0.2) is 0 Å². The molecular weight excluding hydrogens is 160 g/mol. The van der Waals surface area contributed by atoms with Crippen LogP contribution < -0.4 is 10.6 Å². The highest BCUT2D eigenvalue weighted by atomic mass is 15.0. The van der Waals surface area contributed by atoms with Crippen LogP contribution in [0.5, 0.6) is 0 Å². The Labute approximate surface area is 82.5 Å². The first kappa shape index (κ1) is 11.0. The zero-order valence-corrected chi connectivity index (χ0v) is 9.32. The largest absolute Gasteiger partial charge is 0.315 e. The number of nitrogens with one attached hydrogen (secondary N) is 2. The average molecular weight is 184 g/mol. The van der Waals surface area contributed by atoms with E-state index in [0.717, 1.165) is 19.0 Å². The molecule has 1 aliphatic rings. The minimum absolute atomic E-state index is 0.262. The van der Waals surface area contributed by atoms with Gasteiger partial charge in [0, 0.05) is 18.6 Å². The lowest BCUT2D eigenvalue weighted by Crippen LogP contribution is -2.41. The predicted molar refractivity (Wildman–Crippen MR) is 58.0 cm³/mol. The van der Waals surface area contributed by atoms with Crippen LogP contribution in [0.1, 0.15) is 40.0 Å². The third-order valence-electron chi connectivity index (χ3n) is 2.61. The minimum Gasteiger partial charge on any atom is -0.315 e. The molecule has 0 aromatic heterocycles. The summed E-state index contributed by atoms with van der Waals surface area (Å²) in [5, 5.41) is 6.97. The van der Waals surface area contributed by atoms with Crippen LogP contribution in [0.3, 0.4) is 0 Å². The average Bonchev–Trinajstić information content (AvgIpc) is 1.90.